The van der Waals surface area contributed by atoms with Crippen molar-refractivity contribution < 1.29 is 18.8 Å². The molecule has 0 bridgehead atoms. The predicted octanol–water partition coefficient (Wildman–Crippen LogP) is 3.17. The van der Waals surface area contributed by atoms with Gasteiger partial charge in [0.05, 0.1) is 12.3 Å². The number of pyridine rings is 1. The summed E-state index contributed by atoms with van der Waals surface area (Å²) in [7, 11) is 0. The van der Waals surface area contributed by atoms with Crippen LogP contribution in [0.15, 0.2) is 22.9 Å². The Kier molecular flexibility index (Phi) is 6.66. The van der Waals surface area contributed by atoms with Gasteiger partial charge in [-0.3, -0.25) is 4.90 Å². The molecule has 1 N–H and O–H groups in total. The highest BCUT2D eigenvalue weighted by Gasteiger charge is 2.26. The molecule has 4 heterocycles. The fourth-order valence-electron chi connectivity index (χ4n) is 5.19. The van der Waals surface area contributed by atoms with Crippen LogP contribution in [-0.2, 0) is 6.42 Å². The first-order chi connectivity index (χ1) is 16.1. The van der Waals surface area contributed by atoms with E-state index in [2.05, 4.69) is 25.3 Å². The van der Waals surface area contributed by atoms with Crippen molar-refractivity contribution in [3.8, 4) is 11.7 Å². The molecule has 178 valence electrons. The van der Waals surface area contributed by atoms with Crippen LogP contribution in [-0.4, -0.2) is 66.5 Å². The van der Waals surface area contributed by atoms with Gasteiger partial charge in [-0.15, -0.1) is 0 Å². The van der Waals surface area contributed by atoms with E-state index in [0.29, 0.717) is 5.69 Å². The van der Waals surface area contributed by atoms with Gasteiger partial charge in [0.15, 0.2) is 0 Å². The summed E-state index contributed by atoms with van der Waals surface area (Å²) in [5.74, 6) is 2.99. The Hall–Kier alpha value is -2.81. The minimum Gasteiger partial charge on any atom is -0.493 e. The number of piperazine rings is 1. The van der Waals surface area contributed by atoms with Crippen LogP contribution >= 0.6 is 0 Å². The van der Waals surface area contributed by atoms with Crippen LogP contribution in [0, 0.1) is 12.8 Å². The highest BCUT2D eigenvalue weighted by atomic mass is 16.7. The summed E-state index contributed by atoms with van der Waals surface area (Å²) >= 11 is 0. The summed E-state index contributed by atoms with van der Waals surface area (Å²) in [5.41, 5.74) is 1.96. The lowest BCUT2D eigenvalue weighted by Crippen LogP contribution is -2.47. The molecule has 0 atom stereocenters. The van der Waals surface area contributed by atoms with Gasteiger partial charge in [-0.1, -0.05) is 5.16 Å². The number of carbonyl (C=O) groups is 1. The summed E-state index contributed by atoms with van der Waals surface area (Å²) in [6.45, 7) is 7.91. The molecule has 1 amide bonds. The topological polar surface area (TPSA) is 93.0 Å². The average molecular weight is 456 g/mol. The number of ether oxygens (including phenoxy) is 2. The fourth-order valence-corrected chi connectivity index (χ4v) is 5.19. The summed E-state index contributed by atoms with van der Waals surface area (Å²) in [4.78, 5) is 21.7. The van der Waals surface area contributed by atoms with E-state index in [1.54, 1.807) is 13.0 Å². The highest BCUT2D eigenvalue weighted by molar-refractivity contribution is 5.70. The Morgan fingerprint density at radius 3 is 2.79 bits per heavy atom. The number of carbonyl (C=O) groups excluding carboxylic acids is 1. The Bertz CT molecular complexity index is 948. The minimum atomic E-state index is -0.461. The molecule has 33 heavy (non-hydrogen) atoms. The maximum absolute atomic E-state index is 12.1. The van der Waals surface area contributed by atoms with Crippen LogP contribution in [0.3, 0.4) is 0 Å². The molecule has 2 fully saturated rings. The molecule has 2 aromatic rings. The number of nitrogens with zero attached hydrogens (tertiary/aromatic N) is 4. The lowest BCUT2D eigenvalue weighted by atomic mass is 9.84. The van der Waals surface area contributed by atoms with Crippen molar-refractivity contribution in [1.82, 2.24) is 20.4 Å². The first kappa shape index (κ1) is 22.0. The van der Waals surface area contributed by atoms with Crippen LogP contribution in [0.25, 0.3) is 0 Å². The summed E-state index contributed by atoms with van der Waals surface area (Å²) in [6.07, 6.45) is 7.88. The number of nitrogens with one attached hydrogen (secondary N) is 1. The molecule has 0 radical (unpaired) electrons. The second-order valence-corrected chi connectivity index (χ2v) is 9.37. The van der Waals surface area contributed by atoms with Crippen molar-refractivity contribution >= 4 is 11.9 Å². The van der Waals surface area contributed by atoms with Crippen molar-refractivity contribution in [3.63, 3.8) is 0 Å². The van der Waals surface area contributed by atoms with Crippen LogP contribution in [0.5, 0.6) is 11.7 Å². The third-order valence-electron chi connectivity index (χ3n) is 7.09. The van der Waals surface area contributed by atoms with Gasteiger partial charge >= 0.3 is 12.0 Å². The van der Waals surface area contributed by atoms with Gasteiger partial charge in [0.1, 0.15) is 11.6 Å². The third-order valence-corrected chi connectivity index (χ3v) is 7.09. The SMILES string of the molecule is Cc1cc(OC(=O)N[C@H]2CC[C@H](CCN3CCN(c4nccc5c4CCO5)CC3)CC2)on1. The quantitative estimate of drug-likeness (QED) is 0.710. The molecule has 9 nitrogen and oxygen atoms in total. The van der Waals surface area contributed by atoms with E-state index in [1.165, 1.54) is 12.0 Å². The Balaban J connectivity index is 0.997. The Morgan fingerprint density at radius 2 is 2.03 bits per heavy atom. The molecule has 1 aliphatic carbocycles. The molecule has 1 saturated heterocycles. The first-order valence-electron chi connectivity index (χ1n) is 12.1. The lowest BCUT2D eigenvalue weighted by Gasteiger charge is -2.37. The number of amides is 1. The number of anilines is 1. The summed E-state index contributed by atoms with van der Waals surface area (Å²) in [5, 5.41) is 6.68. The highest BCUT2D eigenvalue weighted by Crippen LogP contribution is 2.32. The second-order valence-electron chi connectivity index (χ2n) is 9.37. The lowest BCUT2D eigenvalue weighted by molar-refractivity contribution is 0.167. The van der Waals surface area contributed by atoms with Gasteiger partial charge < -0.3 is 24.2 Å². The van der Waals surface area contributed by atoms with Gasteiger partial charge in [0, 0.05) is 56.5 Å². The van der Waals surface area contributed by atoms with Gasteiger partial charge in [-0.25, -0.2) is 9.78 Å². The molecular formula is C24H33N5O4. The van der Waals surface area contributed by atoms with E-state index in [0.717, 1.165) is 88.9 Å². The number of hydrogen-bond donors (Lipinski definition) is 1. The van der Waals surface area contributed by atoms with E-state index in [4.69, 9.17) is 14.0 Å². The molecule has 0 aromatic carbocycles. The smallest absolute Gasteiger partial charge is 0.415 e. The molecule has 0 spiro atoms. The van der Waals surface area contributed by atoms with Crippen LogP contribution in [0.1, 0.15) is 43.4 Å². The maximum atomic E-state index is 12.1. The first-order valence-corrected chi connectivity index (χ1v) is 12.1. The molecule has 2 aromatic heterocycles. The third kappa shape index (κ3) is 5.40. The molecule has 9 heteroatoms. The normalized spacial score (nSPS) is 23.1. The van der Waals surface area contributed by atoms with E-state index in [1.807, 2.05) is 12.3 Å². The fraction of sp³-hybridized carbons (Fsp3) is 0.625. The van der Waals surface area contributed by atoms with Crippen molar-refractivity contribution in [2.75, 3.05) is 44.2 Å². The van der Waals surface area contributed by atoms with E-state index in [9.17, 15) is 4.79 Å². The zero-order valence-electron chi connectivity index (χ0n) is 19.3. The van der Waals surface area contributed by atoms with Crippen LogP contribution < -0.4 is 19.7 Å². The van der Waals surface area contributed by atoms with Crippen LogP contribution in [0.2, 0.25) is 0 Å². The standard InChI is InChI=1S/C24H33N5O4/c1-17-16-22(33-27-17)32-24(30)26-19-4-2-18(3-5-19)7-10-28-11-13-29(14-12-28)23-20-8-15-31-21(20)6-9-25-23/h6,9,16,18-19H,2-5,7-8,10-15H2,1H3,(H,26,30)/t18-,19-. The van der Waals surface area contributed by atoms with E-state index < -0.39 is 6.09 Å². The predicted molar refractivity (Wildman–Crippen MR) is 123 cm³/mol. The van der Waals surface area contributed by atoms with Crippen molar-refractivity contribution in [3.05, 3.63) is 29.6 Å². The summed E-state index contributed by atoms with van der Waals surface area (Å²) in [6, 6.07) is 3.76. The minimum absolute atomic E-state index is 0.138. The zero-order chi connectivity index (χ0) is 22.6. The molecule has 3 aliphatic rings. The van der Waals surface area contributed by atoms with Crippen molar-refractivity contribution in [2.45, 2.75) is 51.5 Å². The largest absolute Gasteiger partial charge is 0.493 e. The Labute approximate surface area is 194 Å². The number of aromatic nitrogens is 2. The van der Waals surface area contributed by atoms with Gasteiger partial charge in [-0.05, 0) is 57.6 Å². The van der Waals surface area contributed by atoms with Gasteiger partial charge in [0.2, 0.25) is 0 Å². The number of rotatable bonds is 6. The van der Waals surface area contributed by atoms with Crippen molar-refractivity contribution in [1.29, 1.82) is 0 Å². The number of hydrogen-bond acceptors (Lipinski definition) is 8. The summed E-state index contributed by atoms with van der Waals surface area (Å²) < 4.78 is 15.8. The van der Waals surface area contributed by atoms with Gasteiger partial charge in [0.25, 0.3) is 0 Å². The number of aryl methyl sites for hydroxylation is 1. The zero-order valence-corrected chi connectivity index (χ0v) is 19.3. The monoisotopic (exact) mass is 455 g/mol. The molecule has 0 unspecified atom stereocenters. The Morgan fingerprint density at radius 1 is 1.21 bits per heavy atom. The number of fused-ring (bicyclic) bond motifs is 1. The van der Waals surface area contributed by atoms with Crippen LogP contribution in [0.4, 0.5) is 10.6 Å². The molecule has 5 rings (SSSR count). The van der Waals surface area contributed by atoms with E-state index in [-0.39, 0.29) is 12.0 Å². The molecular weight excluding hydrogens is 422 g/mol. The van der Waals surface area contributed by atoms with Gasteiger partial charge in [-0.2, -0.15) is 0 Å². The van der Waals surface area contributed by atoms with E-state index >= 15 is 0 Å². The maximum Gasteiger partial charge on any atom is 0.415 e. The molecule has 1 saturated carbocycles. The second kappa shape index (κ2) is 9.99. The van der Waals surface area contributed by atoms with Crippen molar-refractivity contribution in [2.24, 2.45) is 5.92 Å². The molecule has 2 aliphatic heterocycles. The average Bonchev–Trinajstić information content (AvgIpc) is 3.47.